The first-order valence-corrected chi connectivity index (χ1v) is 6.10. The van der Waals surface area contributed by atoms with Gasteiger partial charge in [-0.25, -0.2) is 13.8 Å². The van der Waals surface area contributed by atoms with Crippen molar-refractivity contribution in [2.75, 3.05) is 6.61 Å². The third-order valence-corrected chi connectivity index (χ3v) is 2.96. The van der Waals surface area contributed by atoms with E-state index in [0.29, 0.717) is 5.56 Å². The maximum absolute atomic E-state index is 12.9. The molecule has 0 aromatic carbocycles. The highest BCUT2D eigenvalue weighted by molar-refractivity contribution is 9.10. The van der Waals surface area contributed by atoms with Gasteiger partial charge in [-0.15, -0.1) is 0 Å². The maximum Gasteiger partial charge on any atom is 0.310 e. The second-order valence-electron chi connectivity index (χ2n) is 3.45. The summed E-state index contributed by atoms with van der Waals surface area (Å²) in [4.78, 5) is 15.2. The van der Waals surface area contributed by atoms with Crippen molar-refractivity contribution in [1.29, 1.82) is 0 Å². The largest absolute Gasteiger partial charge is 0.466 e. The molecular formula is C11H13BrF2N2O2. The van der Waals surface area contributed by atoms with Crippen molar-refractivity contribution in [3.63, 3.8) is 0 Å². The van der Waals surface area contributed by atoms with E-state index in [-0.39, 0.29) is 35.3 Å². The molecule has 0 spiro atoms. The molecule has 4 nitrogen and oxygen atoms in total. The van der Waals surface area contributed by atoms with Crippen LogP contribution in [-0.4, -0.2) is 17.6 Å². The molecular weight excluding hydrogens is 310 g/mol. The molecule has 1 aromatic rings. The van der Waals surface area contributed by atoms with Crippen LogP contribution in [0, 0.1) is 0 Å². The van der Waals surface area contributed by atoms with Gasteiger partial charge in [0, 0.05) is 12.7 Å². The Morgan fingerprint density at radius 2 is 2.28 bits per heavy atom. The van der Waals surface area contributed by atoms with E-state index in [2.05, 4.69) is 20.9 Å². The first kappa shape index (κ1) is 15.0. The number of hydrogen-bond acceptors (Lipinski definition) is 4. The highest BCUT2D eigenvalue weighted by Crippen LogP contribution is 2.31. The molecule has 0 aliphatic carbocycles. The van der Waals surface area contributed by atoms with Crippen LogP contribution in [0.15, 0.2) is 10.8 Å². The summed E-state index contributed by atoms with van der Waals surface area (Å²) in [5.41, 5.74) is 5.82. The first-order chi connectivity index (χ1) is 8.51. The van der Waals surface area contributed by atoms with Crippen molar-refractivity contribution >= 4 is 21.9 Å². The summed E-state index contributed by atoms with van der Waals surface area (Å²) in [5, 5.41) is 0. The number of esters is 1. The summed E-state index contributed by atoms with van der Waals surface area (Å²) in [7, 11) is 0. The van der Waals surface area contributed by atoms with E-state index < -0.39 is 12.4 Å². The number of alkyl halides is 2. The van der Waals surface area contributed by atoms with Gasteiger partial charge in [0.15, 0.2) is 0 Å². The SMILES string of the molecule is CCOC(=O)Cc1cnc(Br)c(C(F)F)c1CN. The average molecular weight is 323 g/mol. The van der Waals surface area contributed by atoms with Gasteiger partial charge in [-0.05, 0) is 34.0 Å². The number of halogens is 3. The smallest absolute Gasteiger partial charge is 0.310 e. The number of hydrogen-bond donors (Lipinski definition) is 1. The van der Waals surface area contributed by atoms with Gasteiger partial charge in [0.05, 0.1) is 18.6 Å². The number of ether oxygens (including phenoxy) is 1. The summed E-state index contributed by atoms with van der Waals surface area (Å²) in [6.07, 6.45) is -1.46. The lowest BCUT2D eigenvalue weighted by molar-refractivity contribution is -0.142. The quantitative estimate of drug-likeness (QED) is 0.667. The zero-order valence-corrected chi connectivity index (χ0v) is 11.3. The predicted molar refractivity (Wildman–Crippen MR) is 65.1 cm³/mol. The molecule has 1 aromatic heterocycles. The molecule has 0 saturated heterocycles. The van der Waals surface area contributed by atoms with Crippen LogP contribution in [-0.2, 0) is 22.5 Å². The van der Waals surface area contributed by atoms with Crippen LogP contribution in [0.25, 0.3) is 0 Å². The van der Waals surface area contributed by atoms with Crippen LogP contribution < -0.4 is 5.73 Å². The number of nitrogens with zero attached hydrogens (tertiary/aromatic N) is 1. The normalized spacial score (nSPS) is 10.8. The van der Waals surface area contributed by atoms with Gasteiger partial charge in [-0.1, -0.05) is 0 Å². The van der Waals surface area contributed by atoms with E-state index in [1.54, 1.807) is 6.92 Å². The van der Waals surface area contributed by atoms with Crippen molar-refractivity contribution in [3.05, 3.63) is 27.5 Å². The minimum atomic E-state index is -2.70. The minimum Gasteiger partial charge on any atom is -0.466 e. The van der Waals surface area contributed by atoms with E-state index in [1.807, 2.05) is 0 Å². The first-order valence-electron chi connectivity index (χ1n) is 5.31. The summed E-state index contributed by atoms with van der Waals surface area (Å²) in [5.74, 6) is -0.489. The summed E-state index contributed by atoms with van der Waals surface area (Å²) >= 11 is 2.96. The lowest BCUT2D eigenvalue weighted by Crippen LogP contribution is -2.14. The van der Waals surface area contributed by atoms with Crippen LogP contribution in [0.3, 0.4) is 0 Å². The van der Waals surface area contributed by atoms with Crippen molar-refractivity contribution in [3.8, 4) is 0 Å². The molecule has 0 aliphatic rings. The van der Waals surface area contributed by atoms with Crippen LogP contribution in [0.2, 0.25) is 0 Å². The molecule has 0 aliphatic heterocycles. The Bertz CT molecular complexity index is 441. The zero-order valence-electron chi connectivity index (χ0n) is 9.75. The Hall–Kier alpha value is -1.08. The van der Waals surface area contributed by atoms with Gasteiger partial charge >= 0.3 is 5.97 Å². The molecule has 0 radical (unpaired) electrons. The number of pyridine rings is 1. The Morgan fingerprint density at radius 1 is 1.61 bits per heavy atom. The van der Waals surface area contributed by atoms with Gasteiger partial charge in [0.1, 0.15) is 4.60 Å². The number of rotatable bonds is 5. The molecule has 0 amide bonds. The lowest BCUT2D eigenvalue weighted by atomic mass is 10.0. The minimum absolute atomic E-state index is 0.0468. The summed E-state index contributed by atoms with van der Waals surface area (Å²) in [6.45, 7) is 1.82. The molecule has 0 unspecified atom stereocenters. The van der Waals surface area contributed by atoms with Crippen LogP contribution >= 0.6 is 15.9 Å². The number of carbonyl (C=O) groups excluding carboxylic acids is 1. The molecule has 100 valence electrons. The molecule has 7 heteroatoms. The van der Waals surface area contributed by atoms with Gasteiger partial charge in [-0.2, -0.15) is 0 Å². The Morgan fingerprint density at radius 3 is 2.78 bits per heavy atom. The maximum atomic E-state index is 12.9. The predicted octanol–water partition coefficient (Wildman–Crippen LogP) is 2.35. The zero-order chi connectivity index (χ0) is 13.7. The van der Waals surface area contributed by atoms with E-state index in [9.17, 15) is 13.6 Å². The molecule has 0 fully saturated rings. The Labute approximate surface area is 112 Å². The number of carbonyl (C=O) groups is 1. The number of aromatic nitrogens is 1. The lowest BCUT2D eigenvalue weighted by Gasteiger charge is -2.13. The third-order valence-electron chi connectivity index (χ3n) is 2.33. The second-order valence-corrected chi connectivity index (χ2v) is 4.20. The van der Waals surface area contributed by atoms with E-state index in [0.717, 1.165) is 0 Å². The van der Waals surface area contributed by atoms with Crippen LogP contribution in [0.1, 0.15) is 30.0 Å². The van der Waals surface area contributed by atoms with E-state index >= 15 is 0 Å². The average Bonchev–Trinajstić information content (AvgIpc) is 2.30. The molecule has 1 heterocycles. The number of nitrogens with two attached hydrogens (primary N) is 1. The second kappa shape index (κ2) is 6.75. The molecule has 1 rings (SSSR count). The fourth-order valence-corrected chi connectivity index (χ4v) is 2.08. The van der Waals surface area contributed by atoms with Gasteiger partial charge in [0.2, 0.25) is 0 Å². The summed E-state index contributed by atoms with van der Waals surface area (Å²) in [6, 6.07) is 0. The molecule has 0 atom stereocenters. The monoisotopic (exact) mass is 322 g/mol. The van der Waals surface area contributed by atoms with Crippen molar-refractivity contribution < 1.29 is 18.3 Å². The van der Waals surface area contributed by atoms with Crippen molar-refractivity contribution in [1.82, 2.24) is 4.98 Å². The van der Waals surface area contributed by atoms with E-state index in [1.165, 1.54) is 6.20 Å². The Balaban J connectivity index is 3.13. The van der Waals surface area contributed by atoms with Gasteiger partial charge in [-0.3, -0.25) is 4.79 Å². The van der Waals surface area contributed by atoms with E-state index in [4.69, 9.17) is 10.5 Å². The molecule has 0 bridgehead atoms. The topological polar surface area (TPSA) is 65.2 Å². The molecule has 2 N–H and O–H groups in total. The standard InChI is InChI=1S/C11H13BrF2N2O2/c1-2-18-8(17)3-6-5-16-10(12)9(11(13)14)7(6)4-15/h5,11H,2-4,15H2,1H3. The Kier molecular flexibility index (Phi) is 5.61. The fourth-order valence-electron chi connectivity index (χ4n) is 1.56. The third kappa shape index (κ3) is 3.46. The molecule has 0 saturated carbocycles. The van der Waals surface area contributed by atoms with Gasteiger partial charge < -0.3 is 10.5 Å². The molecule has 18 heavy (non-hydrogen) atoms. The van der Waals surface area contributed by atoms with Gasteiger partial charge in [0.25, 0.3) is 6.43 Å². The van der Waals surface area contributed by atoms with Crippen molar-refractivity contribution in [2.24, 2.45) is 5.73 Å². The fraction of sp³-hybridized carbons (Fsp3) is 0.455. The highest BCUT2D eigenvalue weighted by Gasteiger charge is 2.21. The van der Waals surface area contributed by atoms with Crippen LogP contribution in [0.5, 0.6) is 0 Å². The highest BCUT2D eigenvalue weighted by atomic mass is 79.9. The summed E-state index contributed by atoms with van der Waals surface area (Å²) < 4.78 is 30.6. The van der Waals surface area contributed by atoms with Crippen molar-refractivity contribution in [2.45, 2.75) is 26.3 Å². The van der Waals surface area contributed by atoms with Crippen LogP contribution in [0.4, 0.5) is 8.78 Å².